The fourth-order valence-corrected chi connectivity index (χ4v) is 2.83. The Kier molecular flexibility index (Phi) is 6.48. The number of benzene rings is 1. The van der Waals surface area contributed by atoms with Crippen LogP contribution in [0.15, 0.2) is 65.3 Å². The van der Waals surface area contributed by atoms with Crippen LogP contribution in [0.25, 0.3) is 0 Å². The Hall–Kier alpha value is -3.52. The Bertz CT molecular complexity index is 972. The summed E-state index contributed by atoms with van der Waals surface area (Å²) < 4.78 is 11.0. The maximum atomic E-state index is 12.2. The number of nitrogens with zero attached hydrogens (tertiary/aromatic N) is 2. The molecule has 8 heteroatoms. The van der Waals surface area contributed by atoms with Gasteiger partial charge in [-0.2, -0.15) is 5.10 Å². The van der Waals surface area contributed by atoms with Crippen LogP contribution in [-0.4, -0.2) is 29.7 Å². The molecule has 0 atom stereocenters. The van der Waals surface area contributed by atoms with Crippen molar-refractivity contribution < 1.29 is 19.1 Å². The van der Waals surface area contributed by atoms with Gasteiger partial charge in [0.25, 0.3) is 5.91 Å². The van der Waals surface area contributed by atoms with E-state index in [1.54, 1.807) is 47.8 Å². The average molecular weight is 395 g/mol. The van der Waals surface area contributed by atoms with Crippen molar-refractivity contribution in [3.8, 4) is 11.5 Å². The van der Waals surface area contributed by atoms with E-state index >= 15 is 0 Å². The van der Waals surface area contributed by atoms with Gasteiger partial charge in [-0.05, 0) is 54.3 Å². The fraction of sp³-hybridized carbons (Fsp3) is 0.100. The summed E-state index contributed by atoms with van der Waals surface area (Å²) >= 11 is 1.30. The maximum absolute atomic E-state index is 12.2. The third-order valence-electron chi connectivity index (χ3n) is 3.51. The summed E-state index contributed by atoms with van der Waals surface area (Å²) in [6, 6.07) is 11.7. The summed E-state index contributed by atoms with van der Waals surface area (Å²) in [4.78, 5) is 28.5. The summed E-state index contributed by atoms with van der Waals surface area (Å²) in [5, 5.41) is 5.75. The average Bonchev–Trinajstić information content (AvgIpc) is 3.25. The highest BCUT2D eigenvalue weighted by atomic mass is 32.1. The number of aromatic nitrogens is 1. The number of carbonyl (C=O) groups is 2. The lowest BCUT2D eigenvalue weighted by Gasteiger charge is -2.10. The predicted molar refractivity (Wildman–Crippen MR) is 106 cm³/mol. The van der Waals surface area contributed by atoms with E-state index in [-0.39, 0.29) is 5.91 Å². The minimum absolute atomic E-state index is 0.318. The first-order chi connectivity index (χ1) is 13.7. The van der Waals surface area contributed by atoms with Crippen molar-refractivity contribution >= 4 is 29.4 Å². The maximum Gasteiger partial charge on any atom is 0.353 e. The van der Waals surface area contributed by atoms with Gasteiger partial charge in [-0.1, -0.05) is 6.07 Å². The number of nitrogens with one attached hydrogen (secondary N) is 1. The summed E-state index contributed by atoms with van der Waals surface area (Å²) in [5.74, 6) is -0.0535. The number of hydrazone groups is 1. The molecule has 3 aromatic rings. The standard InChI is InChI=1S/C20H17N3O4S/c1-2-26-17-12-14(13-22-23-19(24)15-7-9-21-10-8-15)5-6-16(17)27-20(25)18-4-3-11-28-18/h3-13H,2H2,1H3,(H,23,24). The molecule has 1 aromatic carbocycles. The topological polar surface area (TPSA) is 89.9 Å². The second-order valence-corrected chi connectivity index (χ2v) is 6.39. The summed E-state index contributed by atoms with van der Waals surface area (Å²) in [6.07, 6.45) is 4.54. The van der Waals surface area contributed by atoms with E-state index in [1.807, 2.05) is 6.92 Å². The highest BCUT2D eigenvalue weighted by Crippen LogP contribution is 2.29. The number of thiophene rings is 1. The van der Waals surface area contributed by atoms with E-state index in [1.165, 1.54) is 29.9 Å². The zero-order chi connectivity index (χ0) is 19.8. The zero-order valence-electron chi connectivity index (χ0n) is 15.0. The van der Waals surface area contributed by atoms with Gasteiger partial charge in [0.15, 0.2) is 11.5 Å². The number of hydrogen-bond acceptors (Lipinski definition) is 7. The van der Waals surface area contributed by atoms with Crippen molar-refractivity contribution in [3.63, 3.8) is 0 Å². The van der Waals surface area contributed by atoms with Crippen LogP contribution in [-0.2, 0) is 0 Å². The van der Waals surface area contributed by atoms with Gasteiger partial charge in [-0.15, -0.1) is 11.3 Å². The van der Waals surface area contributed by atoms with Crippen LogP contribution in [0.2, 0.25) is 0 Å². The van der Waals surface area contributed by atoms with Crippen LogP contribution in [0.1, 0.15) is 32.5 Å². The van der Waals surface area contributed by atoms with Crippen molar-refractivity contribution in [1.29, 1.82) is 0 Å². The smallest absolute Gasteiger partial charge is 0.353 e. The Balaban J connectivity index is 1.69. The molecule has 0 aliphatic carbocycles. The van der Waals surface area contributed by atoms with Gasteiger partial charge in [0.1, 0.15) is 4.88 Å². The normalized spacial score (nSPS) is 10.6. The Morgan fingerprint density at radius 3 is 2.71 bits per heavy atom. The van der Waals surface area contributed by atoms with Crippen LogP contribution in [0.3, 0.4) is 0 Å². The van der Waals surface area contributed by atoms with Gasteiger partial charge in [-0.25, -0.2) is 10.2 Å². The molecule has 0 aliphatic rings. The molecule has 0 saturated carbocycles. The molecule has 0 saturated heterocycles. The molecule has 0 bridgehead atoms. The number of esters is 1. The largest absolute Gasteiger partial charge is 0.490 e. The van der Waals surface area contributed by atoms with Crippen LogP contribution >= 0.6 is 11.3 Å². The number of pyridine rings is 1. The Morgan fingerprint density at radius 1 is 1.18 bits per heavy atom. The molecule has 0 aliphatic heterocycles. The molecule has 142 valence electrons. The van der Waals surface area contributed by atoms with Crippen LogP contribution in [0.5, 0.6) is 11.5 Å². The summed E-state index contributed by atoms with van der Waals surface area (Å²) in [5.41, 5.74) is 3.57. The van der Waals surface area contributed by atoms with Crippen molar-refractivity contribution in [3.05, 3.63) is 76.2 Å². The molecule has 0 spiro atoms. The quantitative estimate of drug-likeness (QED) is 0.286. The van der Waals surface area contributed by atoms with Crippen molar-refractivity contribution in [2.45, 2.75) is 6.92 Å². The molecule has 1 N–H and O–H groups in total. The molecule has 2 heterocycles. The van der Waals surface area contributed by atoms with E-state index in [9.17, 15) is 9.59 Å². The lowest BCUT2D eigenvalue weighted by Crippen LogP contribution is -2.17. The minimum atomic E-state index is -0.443. The summed E-state index contributed by atoms with van der Waals surface area (Å²) in [7, 11) is 0. The van der Waals surface area contributed by atoms with Gasteiger partial charge >= 0.3 is 5.97 Å². The lowest BCUT2D eigenvalue weighted by molar-refractivity contribution is 0.0733. The number of rotatable bonds is 7. The lowest BCUT2D eigenvalue weighted by atomic mass is 10.2. The first-order valence-corrected chi connectivity index (χ1v) is 9.31. The molecular weight excluding hydrogens is 378 g/mol. The van der Waals surface area contributed by atoms with Gasteiger partial charge < -0.3 is 9.47 Å². The first kappa shape index (κ1) is 19.2. The third-order valence-corrected chi connectivity index (χ3v) is 4.36. The molecule has 3 rings (SSSR count). The van der Waals surface area contributed by atoms with E-state index in [0.717, 1.165) is 0 Å². The molecular formula is C20H17N3O4S. The van der Waals surface area contributed by atoms with Crippen LogP contribution < -0.4 is 14.9 Å². The molecule has 28 heavy (non-hydrogen) atoms. The molecule has 0 unspecified atom stereocenters. The minimum Gasteiger partial charge on any atom is -0.490 e. The van der Waals surface area contributed by atoms with Crippen LogP contribution in [0, 0.1) is 0 Å². The molecule has 0 fully saturated rings. The van der Waals surface area contributed by atoms with E-state index in [0.29, 0.717) is 34.1 Å². The number of hydrogen-bond donors (Lipinski definition) is 1. The van der Waals surface area contributed by atoms with E-state index in [2.05, 4.69) is 15.5 Å². The van der Waals surface area contributed by atoms with Crippen molar-refractivity contribution in [1.82, 2.24) is 10.4 Å². The number of amides is 1. The highest BCUT2D eigenvalue weighted by molar-refractivity contribution is 7.12. The number of ether oxygens (including phenoxy) is 2. The van der Waals surface area contributed by atoms with Gasteiger partial charge in [0.2, 0.25) is 0 Å². The highest BCUT2D eigenvalue weighted by Gasteiger charge is 2.14. The molecule has 1 amide bonds. The second kappa shape index (κ2) is 9.43. The summed E-state index contributed by atoms with van der Waals surface area (Å²) in [6.45, 7) is 2.24. The SMILES string of the molecule is CCOc1cc(C=NNC(=O)c2ccncc2)ccc1OC(=O)c1cccs1. The zero-order valence-corrected chi connectivity index (χ0v) is 15.8. The van der Waals surface area contributed by atoms with Gasteiger partial charge in [0.05, 0.1) is 12.8 Å². The third kappa shape index (κ3) is 5.01. The fourth-order valence-electron chi connectivity index (χ4n) is 2.24. The molecule has 2 aromatic heterocycles. The van der Waals surface area contributed by atoms with E-state index < -0.39 is 5.97 Å². The Morgan fingerprint density at radius 2 is 2.00 bits per heavy atom. The Labute approximate surface area is 165 Å². The molecule has 7 nitrogen and oxygen atoms in total. The second-order valence-electron chi connectivity index (χ2n) is 5.44. The van der Waals surface area contributed by atoms with Crippen molar-refractivity contribution in [2.75, 3.05) is 6.61 Å². The predicted octanol–water partition coefficient (Wildman–Crippen LogP) is 3.52. The van der Waals surface area contributed by atoms with E-state index in [4.69, 9.17) is 9.47 Å². The van der Waals surface area contributed by atoms with Gasteiger partial charge in [-0.3, -0.25) is 9.78 Å². The van der Waals surface area contributed by atoms with Gasteiger partial charge in [0, 0.05) is 18.0 Å². The van der Waals surface area contributed by atoms with Crippen molar-refractivity contribution in [2.24, 2.45) is 5.10 Å². The van der Waals surface area contributed by atoms with Crippen LogP contribution in [0.4, 0.5) is 0 Å². The number of carbonyl (C=O) groups excluding carboxylic acids is 2. The molecule has 0 radical (unpaired) electrons. The first-order valence-electron chi connectivity index (χ1n) is 8.43. The monoisotopic (exact) mass is 395 g/mol.